The molecule has 0 N–H and O–H groups in total. The average molecular weight is 322 g/mol. The largest absolute Gasteiger partial charge is 0.113 e. The van der Waals surface area contributed by atoms with E-state index in [0.717, 1.165) is 5.56 Å². The van der Waals surface area contributed by atoms with Gasteiger partial charge in [0.2, 0.25) is 0 Å². The van der Waals surface area contributed by atoms with Crippen molar-refractivity contribution in [2.45, 2.75) is 34.9 Å². The second kappa shape index (κ2) is 3.82. The van der Waals surface area contributed by atoms with Crippen molar-refractivity contribution in [3.8, 4) is 0 Å². The van der Waals surface area contributed by atoms with E-state index in [-0.39, 0.29) is 5.41 Å². The third-order valence-electron chi connectivity index (χ3n) is 4.38. The van der Waals surface area contributed by atoms with Crippen molar-refractivity contribution in [3.05, 3.63) is 46.0 Å². The van der Waals surface area contributed by atoms with Gasteiger partial charge < -0.3 is 0 Å². The Kier molecular flexibility index (Phi) is 2.79. The molecule has 3 atom stereocenters. The van der Waals surface area contributed by atoms with Crippen LogP contribution in [0.1, 0.15) is 25.3 Å². The smallest absolute Gasteiger partial charge is 0.0927 e. The van der Waals surface area contributed by atoms with E-state index in [1.54, 1.807) is 0 Å². The molecule has 3 rings (SSSR count). The van der Waals surface area contributed by atoms with Gasteiger partial charge in [-0.25, -0.2) is 0 Å². The van der Waals surface area contributed by atoms with Crippen LogP contribution in [0.15, 0.2) is 40.4 Å². The third-order valence-corrected chi connectivity index (χ3v) is 6.93. The number of hydrogen-bond acceptors (Lipinski definition) is 0. The summed E-state index contributed by atoms with van der Waals surface area (Å²) < 4.78 is 0. The summed E-state index contributed by atoms with van der Waals surface area (Å²) >= 11 is 26.0. The molecule has 0 radical (unpaired) electrons. The number of allylic oxidation sites excluding steroid dienone is 2. The van der Waals surface area contributed by atoms with E-state index in [1.165, 1.54) is 0 Å². The summed E-state index contributed by atoms with van der Waals surface area (Å²) in [6.45, 7) is 2.12. The molecule has 0 aromatic heterocycles. The van der Waals surface area contributed by atoms with Crippen molar-refractivity contribution in [3.63, 3.8) is 0 Å². The molecule has 1 aromatic rings. The van der Waals surface area contributed by atoms with E-state index in [1.807, 2.05) is 18.2 Å². The molecule has 2 bridgehead atoms. The number of fused-ring (bicyclic) bond motifs is 2. The minimum Gasteiger partial charge on any atom is -0.113 e. The van der Waals surface area contributed by atoms with Crippen molar-refractivity contribution < 1.29 is 0 Å². The highest BCUT2D eigenvalue weighted by Crippen LogP contribution is 2.70. The minimum absolute atomic E-state index is 0.285. The maximum atomic E-state index is 6.81. The molecule has 0 spiro atoms. The van der Waals surface area contributed by atoms with E-state index in [2.05, 4.69) is 19.1 Å². The van der Waals surface area contributed by atoms with E-state index in [0.29, 0.717) is 22.9 Å². The van der Waals surface area contributed by atoms with Gasteiger partial charge in [-0.15, -0.1) is 23.2 Å². The average Bonchev–Trinajstić information content (AvgIpc) is 2.67. The van der Waals surface area contributed by atoms with Gasteiger partial charge in [0.1, 0.15) is 0 Å². The lowest BCUT2D eigenvalue weighted by Crippen LogP contribution is -2.42. The van der Waals surface area contributed by atoms with Crippen LogP contribution in [0.3, 0.4) is 0 Å². The van der Waals surface area contributed by atoms with Crippen LogP contribution >= 0.6 is 46.4 Å². The van der Waals surface area contributed by atoms with Gasteiger partial charge in [-0.05, 0) is 18.4 Å². The van der Waals surface area contributed by atoms with Crippen LogP contribution in [0.4, 0.5) is 0 Å². The van der Waals surface area contributed by atoms with Gasteiger partial charge in [0.15, 0.2) is 0 Å². The molecule has 96 valence electrons. The number of alkyl halides is 2. The first-order chi connectivity index (χ1) is 8.33. The van der Waals surface area contributed by atoms with Crippen LogP contribution in [-0.4, -0.2) is 9.75 Å². The molecule has 18 heavy (non-hydrogen) atoms. The lowest BCUT2D eigenvalue weighted by atomic mass is 9.71. The zero-order chi connectivity index (χ0) is 13.2. The van der Waals surface area contributed by atoms with Crippen molar-refractivity contribution in [1.29, 1.82) is 0 Å². The molecule has 0 saturated heterocycles. The summed E-state index contributed by atoms with van der Waals surface area (Å²) in [5.41, 5.74) is 0.873. The molecular formula is C14H12Cl4. The summed E-state index contributed by atoms with van der Waals surface area (Å²) in [6, 6.07) is 10.1. The Morgan fingerprint density at radius 3 is 2.06 bits per heavy atom. The maximum Gasteiger partial charge on any atom is 0.0927 e. The normalized spacial score (nSPS) is 42.7. The van der Waals surface area contributed by atoms with Gasteiger partial charge in [0, 0.05) is 5.41 Å². The quantitative estimate of drug-likeness (QED) is 0.608. The fraction of sp³-hybridized carbons (Fsp3) is 0.429. The third kappa shape index (κ3) is 1.41. The van der Waals surface area contributed by atoms with Crippen molar-refractivity contribution in [2.75, 3.05) is 0 Å². The molecule has 0 aliphatic heterocycles. The highest BCUT2D eigenvalue weighted by molar-refractivity contribution is 6.51. The molecule has 1 aromatic carbocycles. The van der Waals surface area contributed by atoms with Crippen LogP contribution < -0.4 is 0 Å². The van der Waals surface area contributed by atoms with Crippen LogP contribution in [-0.2, 0) is 5.41 Å². The first-order valence-electron chi connectivity index (χ1n) is 5.83. The van der Waals surface area contributed by atoms with E-state index in [4.69, 9.17) is 46.4 Å². The van der Waals surface area contributed by atoms with E-state index < -0.39 is 9.75 Å². The molecule has 2 aliphatic carbocycles. The highest BCUT2D eigenvalue weighted by Gasteiger charge is 2.68. The fourth-order valence-corrected chi connectivity index (χ4v) is 5.30. The lowest BCUT2D eigenvalue weighted by Gasteiger charge is -2.41. The van der Waals surface area contributed by atoms with Crippen LogP contribution in [0.5, 0.6) is 0 Å². The predicted octanol–water partition coefficient (Wildman–Crippen LogP) is 5.40. The fourth-order valence-electron chi connectivity index (χ4n) is 3.33. The number of rotatable bonds is 1. The van der Waals surface area contributed by atoms with Gasteiger partial charge in [-0.3, -0.25) is 0 Å². The summed E-state index contributed by atoms with van der Waals surface area (Å²) in [7, 11) is 0. The summed E-state index contributed by atoms with van der Waals surface area (Å²) in [4.78, 5) is -1.29. The van der Waals surface area contributed by atoms with Crippen molar-refractivity contribution in [2.24, 2.45) is 0 Å². The molecule has 0 nitrogen and oxygen atoms in total. The van der Waals surface area contributed by atoms with E-state index >= 15 is 0 Å². The zero-order valence-corrected chi connectivity index (χ0v) is 12.8. The van der Waals surface area contributed by atoms with Crippen LogP contribution in [0, 0.1) is 0 Å². The molecular weight excluding hydrogens is 310 g/mol. The highest BCUT2D eigenvalue weighted by atomic mass is 35.5. The minimum atomic E-state index is -0.686. The topological polar surface area (TPSA) is 0 Å². The molecule has 0 amide bonds. The lowest BCUT2D eigenvalue weighted by molar-refractivity contribution is 0.415. The van der Waals surface area contributed by atoms with Crippen molar-refractivity contribution in [1.82, 2.24) is 0 Å². The summed E-state index contributed by atoms with van der Waals surface area (Å²) in [5, 5.41) is 1.03. The molecule has 1 fully saturated rings. The Hall–Kier alpha value is 0.120. The molecule has 2 aliphatic rings. The second-order valence-corrected chi connectivity index (χ2v) is 7.57. The predicted molar refractivity (Wildman–Crippen MR) is 78.9 cm³/mol. The molecule has 0 heterocycles. The van der Waals surface area contributed by atoms with Crippen LogP contribution in [0.2, 0.25) is 0 Å². The Balaban J connectivity index is 2.19. The molecule has 4 heteroatoms. The Bertz CT molecular complexity index is 538. The van der Waals surface area contributed by atoms with Crippen molar-refractivity contribution >= 4 is 46.4 Å². The van der Waals surface area contributed by atoms with E-state index in [9.17, 15) is 0 Å². The van der Waals surface area contributed by atoms with Gasteiger partial charge in [0.05, 0.1) is 19.8 Å². The zero-order valence-electron chi connectivity index (χ0n) is 9.81. The van der Waals surface area contributed by atoms with Gasteiger partial charge in [0.25, 0.3) is 0 Å². The molecule has 1 saturated carbocycles. The maximum absolute atomic E-state index is 6.81. The molecule has 0 unspecified atom stereocenters. The number of halogens is 4. The van der Waals surface area contributed by atoms with Gasteiger partial charge in [-0.1, -0.05) is 60.5 Å². The Morgan fingerprint density at radius 1 is 0.944 bits per heavy atom. The number of hydrogen-bond donors (Lipinski definition) is 0. The van der Waals surface area contributed by atoms with Gasteiger partial charge in [-0.2, -0.15) is 0 Å². The van der Waals surface area contributed by atoms with Crippen LogP contribution in [0.25, 0.3) is 0 Å². The monoisotopic (exact) mass is 320 g/mol. The Morgan fingerprint density at radius 2 is 1.56 bits per heavy atom. The first-order valence-corrected chi connectivity index (χ1v) is 7.34. The number of benzene rings is 1. The first kappa shape index (κ1) is 13.1. The standard InChI is InChI=1S/C14H12Cl4/c1-12(9-5-3-2-4-6-9)7-13(17)8-14(12,18)11(16)10(13)15/h2-6H,7-8H2,1H3/t12-,13+,14-/m0/s1. The van der Waals surface area contributed by atoms with Gasteiger partial charge >= 0.3 is 0 Å². The summed E-state index contributed by atoms with van der Waals surface area (Å²) in [5.74, 6) is 0. The Labute approximate surface area is 127 Å². The SMILES string of the molecule is C[C@@]1(c2ccccc2)C[C@@]2(Cl)C[C@]1(Cl)C(Cl)=C2Cl. The second-order valence-electron chi connectivity index (χ2n) is 5.45. The summed E-state index contributed by atoms with van der Waals surface area (Å²) in [6.07, 6.45) is 1.30.